The summed E-state index contributed by atoms with van der Waals surface area (Å²) in [6.45, 7) is 1.98. The number of nitrogens with two attached hydrogens (primary N) is 1. The highest BCUT2D eigenvalue weighted by Crippen LogP contribution is 2.36. The van der Waals surface area contributed by atoms with Gasteiger partial charge in [-0.05, 0) is 19.1 Å². The summed E-state index contributed by atoms with van der Waals surface area (Å²) in [7, 11) is 1.94. The zero-order valence-corrected chi connectivity index (χ0v) is 11.6. The first-order chi connectivity index (χ1) is 9.15. The molecule has 2 N–H and O–H groups in total. The lowest BCUT2D eigenvalue weighted by atomic mass is 10.2. The first kappa shape index (κ1) is 12.0. The van der Waals surface area contributed by atoms with Crippen molar-refractivity contribution in [3.63, 3.8) is 0 Å². The Morgan fingerprint density at radius 3 is 2.79 bits per heavy atom. The topological polar surface area (TPSA) is 56.7 Å². The van der Waals surface area contributed by atoms with E-state index in [1.54, 1.807) is 18.0 Å². The number of para-hydroxylation sites is 1. The van der Waals surface area contributed by atoms with Gasteiger partial charge in [-0.1, -0.05) is 30.0 Å². The van der Waals surface area contributed by atoms with E-state index >= 15 is 0 Å². The van der Waals surface area contributed by atoms with Crippen LogP contribution in [0.2, 0.25) is 0 Å². The van der Waals surface area contributed by atoms with E-state index in [1.165, 1.54) is 0 Å². The Bertz CT molecular complexity index is 748. The van der Waals surface area contributed by atoms with Crippen molar-refractivity contribution >= 4 is 28.4 Å². The molecule has 0 radical (unpaired) electrons. The van der Waals surface area contributed by atoms with Crippen LogP contribution < -0.4 is 5.73 Å². The van der Waals surface area contributed by atoms with E-state index in [2.05, 4.69) is 16.1 Å². The number of aryl methyl sites for hydroxylation is 2. The molecule has 0 saturated carbocycles. The van der Waals surface area contributed by atoms with Crippen molar-refractivity contribution in [3.05, 3.63) is 42.2 Å². The number of anilines is 1. The van der Waals surface area contributed by atoms with Gasteiger partial charge in [0, 0.05) is 17.3 Å². The van der Waals surface area contributed by atoms with Gasteiger partial charge in [-0.3, -0.25) is 9.67 Å². The summed E-state index contributed by atoms with van der Waals surface area (Å²) in [5.74, 6) is 0. The molecule has 4 nitrogen and oxygen atoms in total. The van der Waals surface area contributed by atoms with Crippen molar-refractivity contribution in [2.75, 3.05) is 5.73 Å². The van der Waals surface area contributed by atoms with E-state index in [9.17, 15) is 0 Å². The molecule has 0 aliphatic rings. The van der Waals surface area contributed by atoms with Crippen molar-refractivity contribution in [3.8, 4) is 0 Å². The standard InChI is InChI=1S/C14H14N4S/c1-9-7-13(18(2)17-9)19-14-10-5-3-4-6-12(10)16-8-11(14)15/h3-8H,15H2,1-2H3. The van der Waals surface area contributed by atoms with Crippen molar-refractivity contribution < 1.29 is 0 Å². The minimum Gasteiger partial charge on any atom is -0.397 e. The molecule has 0 amide bonds. The molecule has 96 valence electrons. The van der Waals surface area contributed by atoms with E-state index < -0.39 is 0 Å². The van der Waals surface area contributed by atoms with E-state index in [1.807, 2.05) is 42.9 Å². The third-order valence-corrected chi connectivity index (χ3v) is 4.17. The monoisotopic (exact) mass is 270 g/mol. The molecule has 0 atom stereocenters. The van der Waals surface area contributed by atoms with Crippen LogP contribution in [0.4, 0.5) is 5.69 Å². The Hall–Kier alpha value is -2.01. The van der Waals surface area contributed by atoms with Crippen LogP contribution in [0.5, 0.6) is 0 Å². The Balaban J connectivity index is 2.14. The fourth-order valence-corrected chi connectivity index (χ4v) is 3.10. The fraction of sp³-hybridized carbons (Fsp3) is 0.143. The van der Waals surface area contributed by atoms with Crippen LogP contribution in [-0.2, 0) is 7.05 Å². The molecule has 19 heavy (non-hydrogen) atoms. The first-order valence-corrected chi connectivity index (χ1v) is 6.78. The number of benzene rings is 1. The Labute approximate surface area is 115 Å². The maximum atomic E-state index is 6.08. The van der Waals surface area contributed by atoms with Gasteiger partial charge in [0.25, 0.3) is 0 Å². The minimum atomic E-state index is 0.697. The van der Waals surface area contributed by atoms with Crippen molar-refractivity contribution in [1.29, 1.82) is 0 Å². The molecule has 0 spiro atoms. The lowest BCUT2D eigenvalue weighted by Crippen LogP contribution is -1.95. The number of pyridine rings is 1. The molecule has 0 fully saturated rings. The number of aromatic nitrogens is 3. The van der Waals surface area contributed by atoms with Crippen LogP contribution in [0.1, 0.15) is 5.69 Å². The van der Waals surface area contributed by atoms with E-state index in [4.69, 9.17) is 5.73 Å². The van der Waals surface area contributed by atoms with Crippen molar-refractivity contribution in [1.82, 2.24) is 14.8 Å². The van der Waals surface area contributed by atoms with E-state index in [-0.39, 0.29) is 0 Å². The maximum Gasteiger partial charge on any atom is 0.0987 e. The number of hydrogen-bond donors (Lipinski definition) is 1. The zero-order valence-electron chi connectivity index (χ0n) is 10.8. The van der Waals surface area contributed by atoms with Crippen LogP contribution in [-0.4, -0.2) is 14.8 Å². The summed E-state index contributed by atoms with van der Waals surface area (Å²) < 4.78 is 1.87. The first-order valence-electron chi connectivity index (χ1n) is 5.97. The quantitative estimate of drug-likeness (QED) is 0.777. The number of nitrogens with zero attached hydrogens (tertiary/aromatic N) is 3. The van der Waals surface area contributed by atoms with Gasteiger partial charge in [-0.15, -0.1) is 0 Å². The molecular formula is C14H14N4S. The van der Waals surface area contributed by atoms with Crippen LogP contribution in [0.3, 0.4) is 0 Å². The summed E-state index contributed by atoms with van der Waals surface area (Å²) in [6, 6.07) is 10.1. The van der Waals surface area contributed by atoms with Gasteiger partial charge < -0.3 is 5.73 Å². The fourth-order valence-electron chi connectivity index (χ4n) is 2.03. The van der Waals surface area contributed by atoms with E-state index in [0.717, 1.165) is 26.5 Å². The second kappa shape index (κ2) is 4.59. The Kier molecular flexibility index (Phi) is 2.91. The molecule has 1 aromatic carbocycles. The van der Waals surface area contributed by atoms with Gasteiger partial charge in [0.2, 0.25) is 0 Å². The van der Waals surface area contributed by atoms with Gasteiger partial charge in [-0.25, -0.2) is 0 Å². The third kappa shape index (κ3) is 2.17. The highest BCUT2D eigenvalue weighted by atomic mass is 32.2. The molecule has 3 aromatic rings. The SMILES string of the molecule is Cc1cc(Sc2c(N)cnc3ccccc23)n(C)n1. The molecule has 5 heteroatoms. The van der Waals surface area contributed by atoms with Crippen LogP contribution in [0.15, 0.2) is 46.5 Å². The smallest absolute Gasteiger partial charge is 0.0987 e. The minimum absolute atomic E-state index is 0.697. The number of rotatable bonds is 2. The third-order valence-electron chi connectivity index (χ3n) is 2.92. The van der Waals surface area contributed by atoms with Crippen LogP contribution in [0.25, 0.3) is 10.9 Å². The molecule has 2 heterocycles. The average molecular weight is 270 g/mol. The highest BCUT2D eigenvalue weighted by molar-refractivity contribution is 7.99. The molecular weight excluding hydrogens is 256 g/mol. The van der Waals surface area contributed by atoms with E-state index in [0.29, 0.717) is 5.69 Å². The molecule has 3 rings (SSSR count). The van der Waals surface area contributed by atoms with Crippen molar-refractivity contribution in [2.45, 2.75) is 16.8 Å². The zero-order chi connectivity index (χ0) is 13.4. The summed E-state index contributed by atoms with van der Waals surface area (Å²) in [5, 5.41) is 6.50. The van der Waals surface area contributed by atoms with Gasteiger partial charge in [0.1, 0.15) is 0 Å². The number of fused-ring (bicyclic) bond motifs is 1. The normalized spacial score (nSPS) is 11.1. The second-order valence-corrected chi connectivity index (χ2v) is 5.44. The summed E-state index contributed by atoms with van der Waals surface area (Å²) in [6.07, 6.45) is 1.72. The Morgan fingerprint density at radius 1 is 1.26 bits per heavy atom. The van der Waals surface area contributed by atoms with Gasteiger partial charge in [0.05, 0.1) is 28.1 Å². The number of nitrogen functional groups attached to an aromatic ring is 1. The lowest BCUT2D eigenvalue weighted by molar-refractivity contribution is 0.692. The maximum absolute atomic E-state index is 6.08. The largest absolute Gasteiger partial charge is 0.397 e. The predicted molar refractivity (Wildman–Crippen MR) is 78.2 cm³/mol. The second-order valence-electron chi connectivity index (χ2n) is 4.41. The molecule has 0 aliphatic carbocycles. The average Bonchev–Trinajstić information content (AvgIpc) is 2.71. The summed E-state index contributed by atoms with van der Waals surface area (Å²) in [5.41, 5.74) is 8.73. The van der Waals surface area contributed by atoms with Gasteiger partial charge in [0.15, 0.2) is 0 Å². The molecule has 0 aliphatic heterocycles. The van der Waals surface area contributed by atoms with Crippen molar-refractivity contribution in [2.24, 2.45) is 7.05 Å². The van der Waals surface area contributed by atoms with Crippen LogP contribution >= 0.6 is 11.8 Å². The molecule has 0 unspecified atom stereocenters. The number of hydrogen-bond acceptors (Lipinski definition) is 4. The lowest BCUT2D eigenvalue weighted by Gasteiger charge is -2.08. The molecule has 2 aromatic heterocycles. The molecule has 0 saturated heterocycles. The van der Waals surface area contributed by atoms with Gasteiger partial charge in [-0.2, -0.15) is 5.10 Å². The summed E-state index contributed by atoms with van der Waals surface area (Å²) in [4.78, 5) is 5.39. The molecule has 0 bridgehead atoms. The van der Waals surface area contributed by atoms with Crippen LogP contribution in [0, 0.1) is 6.92 Å². The Morgan fingerprint density at radius 2 is 2.05 bits per heavy atom. The predicted octanol–water partition coefficient (Wildman–Crippen LogP) is 3.01. The van der Waals surface area contributed by atoms with Gasteiger partial charge >= 0.3 is 0 Å². The highest BCUT2D eigenvalue weighted by Gasteiger charge is 2.11. The summed E-state index contributed by atoms with van der Waals surface area (Å²) >= 11 is 1.63.